The van der Waals surface area contributed by atoms with Crippen molar-refractivity contribution >= 4 is 17.6 Å². The molecule has 0 N–H and O–H groups in total. The Morgan fingerprint density at radius 3 is 1.86 bits per heavy atom. The number of hydrogen-bond donors (Lipinski definition) is 0. The molecule has 4 heteroatoms. The summed E-state index contributed by atoms with van der Waals surface area (Å²) >= 11 is 4.76. The molecule has 0 rings (SSSR count). The van der Waals surface area contributed by atoms with Gasteiger partial charge in [-0.1, -0.05) is 18.2 Å². The molecule has 0 unspecified atom stereocenters. The number of carboxylic acid groups (broad SMARTS) is 1. The molecule has 0 spiro atoms. The summed E-state index contributed by atoms with van der Waals surface area (Å²) in [6.45, 7) is 2.86. The van der Waals surface area contributed by atoms with Gasteiger partial charge in [0.15, 0.2) is 0 Å². The minimum absolute atomic E-state index is 0. The maximum Gasteiger partial charge on any atom is 1.00 e. The molecule has 0 aliphatic carbocycles. The first-order valence-corrected chi connectivity index (χ1v) is 1.58. The summed E-state index contributed by atoms with van der Waals surface area (Å²) in [6.07, 6.45) is 0. The summed E-state index contributed by atoms with van der Waals surface area (Å²) < 4.78 is 0. The summed E-state index contributed by atoms with van der Waals surface area (Å²) in [5.74, 6) is -1.42. The Balaban J connectivity index is 0. The zero-order chi connectivity index (χ0) is 5.15. The van der Waals surface area contributed by atoms with Crippen LogP contribution in [-0.4, -0.2) is 5.97 Å². The van der Waals surface area contributed by atoms with E-state index in [1.54, 1.807) is 0 Å². The molecule has 0 bridgehead atoms. The topological polar surface area (TPSA) is 40.1 Å². The predicted octanol–water partition coefficient (Wildman–Crippen LogP) is -3.51. The summed E-state index contributed by atoms with van der Waals surface area (Å²) in [6, 6.07) is 0. The van der Waals surface area contributed by atoms with Crippen molar-refractivity contribution in [1.82, 2.24) is 0 Å². The molecule has 0 aliphatic heterocycles. The molecule has 0 saturated heterocycles. The van der Waals surface area contributed by atoms with Crippen molar-refractivity contribution < 1.29 is 61.3 Å². The molecule has 0 radical (unpaired) electrons. The van der Waals surface area contributed by atoms with Gasteiger partial charge in [0.05, 0.1) is 11.0 Å². The third kappa shape index (κ3) is 7.14. The van der Waals surface area contributed by atoms with Crippen LogP contribution < -0.4 is 56.5 Å². The van der Waals surface area contributed by atoms with Gasteiger partial charge < -0.3 is 9.90 Å². The second kappa shape index (κ2) is 5.28. The quantitative estimate of drug-likeness (QED) is 0.283. The van der Waals surface area contributed by atoms with E-state index in [4.69, 9.17) is 11.6 Å². The zero-order valence-electron chi connectivity index (χ0n) is 3.90. The van der Waals surface area contributed by atoms with Crippen LogP contribution in [0.2, 0.25) is 0 Å². The molecular weight excluding hydrogens is 143 g/mol. The summed E-state index contributed by atoms with van der Waals surface area (Å²) in [4.78, 5) is 9.36. The number of hydrogen-bond acceptors (Lipinski definition) is 2. The number of rotatable bonds is 1. The Morgan fingerprint density at radius 2 is 1.86 bits per heavy atom. The second-order valence-corrected chi connectivity index (χ2v) is 1.15. The van der Waals surface area contributed by atoms with Crippen LogP contribution in [-0.2, 0) is 4.79 Å². The Kier molecular flexibility index (Phi) is 8.29. The van der Waals surface area contributed by atoms with Gasteiger partial charge in [0.1, 0.15) is 0 Å². The third-order valence-electron chi connectivity index (χ3n) is 0.221. The van der Waals surface area contributed by atoms with Crippen molar-refractivity contribution in [1.29, 1.82) is 0 Å². The van der Waals surface area contributed by atoms with E-state index in [-0.39, 0.29) is 51.4 Å². The van der Waals surface area contributed by atoms with Crippen LogP contribution in [0.3, 0.4) is 0 Å². The third-order valence-corrected chi connectivity index (χ3v) is 0.376. The first-order valence-electron chi connectivity index (χ1n) is 1.20. The van der Waals surface area contributed by atoms with Gasteiger partial charge in [-0.2, -0.15) is 0 Å². The average molecular weight is 145 g/mol. The van der Waals surface area contributed by atoms with E-state index in [1.807, 2.05) is 0 Å². The van der Waals surface area contributed by atoms with Gasteiger partial charge in [-0.3, -0.25) is 0 Å². The van der Waals surface area contributed by atoms with Crippen LogP contribution in [0, 0.1) is 0 Å². The largest absolute Gasteiger partial charge is 1.00 e. The molecule has 0 fully saturated rings. The van der Waals surface area contributed by atoms with E-state index >= 15 is 0 Å². The fourth-order valence-electron chi connectivity index (χ4n) is 0. The van der Waals surface area contributed by atoms with Crippen LogP contribution in [0.1, 0.15) is 0 Å². The normalized spacial score (nSPS) is 6.43. The number of carbonyl (C=O) groups excluding carboxylic acids is 1. The van der Waals surface area contributed by atoms with Gasteiger partial charge in [-0.25, -0.2) is 0 Å². The van der Waals surface area contributed by atoms with Crippen molar-refractivity contribution in [3.8, 4) is 0 Å². The first kappa shape index (κ1) is 11.0. The fourth-order valence-corrected chi connectivity index (χ4v) is 0. The number of carbonyl (C=O) groups is 1. The van der Waals surface area contributed by atoms with Crippen LogP contribution in [0.25, 0.3) is 0 Å². The molecule has 0 atom stereocenters. The average Bonchev–Trinajstić information content (AvgIpc) is 1.36. The predicted molar refractivity (Wildman–Crippen MR) is 20.0 cm³/mol. The summed E-state index contributed by atoms with van der Waals surface area (Å²) in [5.41, 5.74) is 0. The van der Waals surface area contributed by atoms with Gasteiger partial charge in [0, 0.05) is 0 Å². The summed E-state index contributed by atoms with van der Waals surface area (Å²) in [5, 5.41) is 8.89. The van der Waals surface area contributed by atoms with Gasteiger partial charge >= 0.3 is 51.4 Å². The van der Waals surface area contributed by atoms with Crippen LogP contribution in [0.15, 0.2) is 11.6 Å². The molecule has 0 heterocycles. The standard InChI is InChI=1S/C3H3ClO2.K/c1-2(4)3(5)6;/h1H2,(H,5,6);/q;+1/p-1. The van der Waals surface area contributed by atoms with Gasteiger partial charge in [-0.15, -0.1) is 0 Å². The Bertz CT molecular complexity index is 78.9. The Hall–Kier alpha value is 1.14. The van der Waals surface area contributed by atoms with Crippen molar-refractivity contribution in [3.63, 3.8) is 0 Å². The van der Waals surface area contributed by atoms with Gasteiger partial charge in [0.25, 0.3) is 0 Å². The van der Waals surface area contributed by atoms with E-state index in [1.165, 1.54) is 0 Å². The molecule has 2 nitrogen and oxygen atoms in total. The van der Waals surface area contributed by atoms with Crippen LogP contribution in [0.5, 0.6) is 0 Å². The Labute approximate surface area is 89.0 Å². The van der Waals surface area contributed by atoms with E-state index in [0.717, 1.165) is 0 Å². The molecule has 0 saturated carbocycles. The van der Waals surface area contributed by atoms with E-state index < -0.39 is 11.0 Å². The first-order chi connectivity index (χ1) is 2.64. The van der Waals surface area contributed by atoms with Crippen LogP contribution in [0.4, 0.5) is 0 Å². The number of aliphatic carboxylic acids is 1. The van der Waals surface area contributed by atoms with E-state index in [0.29, 0.717) is 0 Å². The molecule has 0 aromatic carbocycles. The van der Waals surface area contributed by atoms with E-state index in [9.17, 15) is 9.90 Å². The zero-order valence-corrected chi connectivity index (χ0v) is 7.78. The molecule has 34 valence electrons. The molecule has 0 aliphatic rings. The number of halogens is 1. The molecule has 7 heavy (non-hydrogen) atoms. The van der Waals surface area contributed by atoms with Crippen molar-refractivity contribution in [3.05, 3.63) is 11.6 Å². The van der Waals surface area contributed by atoms with Gasteiger partial charge in [0.2, 0.25) is 0 Å². The van der Waals surface area contributed by atoms with Gasteiger partial charge in [-0.05, 0) is 0 Å². The monoisotopic (exact) mass is 144 g/mol. The smallest absolute Gasteiger partial charge is 0.544 e. The maximum atomic E-state index is 9.36. The Morgan fingerprint density at radius 1 is 1.71 bits per heavy atom. The second-order valence-electron chi connectivity index (χ2n) is 0.692. The SMILES string of the molecule is C=C(Cl)C(=O)[O-].[K+]. The molecule has 0 amide bonds. The minimum Gasteiger partial charge on any atom is -0.544 e. The van der Waals surface area contributed by atoms with Crippen molar-refractivity contribution in [2.24, 2.45) is 0 Å². The van der Waals surface area contributed by atoms with Crippen LogP contribution >= 0.6 is 11.6 Å². The maximum absolute atomic E-state index is 9.36. The molecular formula is C3H2ClKO2. The number of carboxylic acids is 1. The van der Waals surface area contributed by atoms with Crippen molar-refractivity contribution in [2.75, 3.05) is 0 Å². The fraction of sp³-hybridized carbons (Fsp3) is 0. The summed E-state index contributed by atoms with van der Waals surface area (Å²) in [7, 11) is 0. The molecule has 0 aromatic heterocycles. The minimum atomic E-state index is -1.42. The molecule has 0 aromatic rings. The van der Waals surface area contributed by atoms with E-state index in [2.05, 4.69) is 6.58 Å². The van der Waals surface area contributed by atoms with Crippen molar-refractivity contribution in [2.45, 2.75) is 0 Å².